The molecule has 0 bridgehead atoms. The topological polar surface area (TPSA) is 156 Å². The Kier molecular flexibility index (Phi) is 6.87. The fraction of sp³-hybridized carbons (Fsp3) is 0.333. The Morgan fingerprint density at radius 3 is 2.42 bits per heavy atom. The van der Waals surface area contributed by atoms with Crippen molar-refractivity contribution >= 4 is 39.0 Å². The number of rotatable bonds is 7. The predicted octanol–water partition coefficient (Wildman–Crippen LogP) is 1.29. The average molecular weight is 468 g/mol. The van der Waals surface area contributed by atoms with E-state index in [0.717, 1.165) is 15.2 Å². The normalized spacial score (nSPS) is 15.9. The summed E-state index contributed by atoms with van der Waals surface area (Å²) in [6.07, 6.45) is -0.0135. The lowest BCUT2D eigenvalue weighted by atomic mass is 10.1. The van der Waals surface area contributed by atoms with Crippen LogP contribution in [-0.4, -0.2) is 60.7 Å². The summed E-state index contributed by atoms with van der Waals surface area (Å²) in [5.41, 5.74) is 4.73. The molecule has 1 atom stereocenters. The molecule has 0 spiro atoms. The maximum absolute atomic E-state index is 12.9. The number of nitrogens with zero attached hydrogens (tertiary/aromatic N) is 3. The van der Waals surface area contributed by atoms with Crippen molar-refractivity contribution in [2.24, 2.45) is 5.73 Å². The number of nitro benzene ring substituents is 1. The van der Waals surface area contributed by atoms with Crippen LogP contribution in [0.2, 0.25) is 0 Å². The Morgan fingerprint density at radius 2 is 1.84 bits per heavy atom. The standard InChI is InChI=1S/C18H21N5O6S2/c19-18(25)20-13(15-5-3-11-30-15)12-17(24)21-7-9-22(10-8-21)31(28,29)16-6-2-1-4-14(16)23(26)27/h1-6,11,13H,7-10,12H2,(H3,19,20,25). The Labute approximate surface area is 182 Å². The van der Waals surface area contributed by atoms with Gasteiger partial charge in [-0.15, -0.1) is 11.3 Å². The van der Waals surface area contributed by atoms with E-state index in [2.05, 4.69) is 5.32 Å². The van der Waals surface area contributed by atoms with Crippen LogP contribution in [0.1, 0.15) is 17.3 Å². The molecule has 1 aromatic carbocycles. The molecular weight excluding hydrogens is 446 g/mol. The number of hydrogen-bond acceptors (Lipinski definition) is 7. The second-order valence-corrected chi connectivity index (χ2v) is 9.68. The lowest BCUT2D eigenvalue weighted by Gasteiger charge is -2.34. The summed E-state index contributed by atoms with van der Waals surface area (Å²) in [6.45, 7) is 0.277. The highest BCUT2D eigenvalue weighted by Crippen LogP contribution is 2.27. The lowest BCUT2D eigenvalue weighted by molar-refractivity contribution is -0.387. The van der Waals surface area contributed by atoms with Crippen molar-refractivity contribution in [2.75, 3.05) is 26.2 Å². The molecule has 3 N–H and O–H groups in total. The van der Waals surface area contributed by atoms with Crippen LogP contribution in [-0.2, 0) is 14.8 Å². The first-order chi connectivity index (χ1) is 14.7. The summed E-state index contributed by atoms with van der Waals surface area (Å²) in [5, 5.41) is 15.6. The monoisotopic (exact) mass is 467 g/mol. The van der Waals surface area contributed by atoms with Gasteiger partial charge in [0.2, 0.25) is 15.9 Å². The van der Waals surface area contributed by atoms with Gasteiger partial charge in [0.05, 0.1) is 17.4 Å². The predicted molar refractivity (Wildman–Crippen MR) is 113 cm³/mol. The van der Waals surface area contributed by atoms with Gasteiger partial charge in [0, 0.05) is 37.1 Å². The van der Waals surface area contributed by atoms with Gasteiger partial charge < -0.3 is 16.0 Å². The third-order valence-electron chi connectivity index (χ3n) is 4.85. The van der Waals surface area contributed by atoms with E-state index in [-0.39, 0.29) is 43.4 Å². The summed E-state index contributed by atoms with van der Waals surface area (Å²) in [7, 11) is -4.08. The van der Waals surface area contributed by atoms with E-state index in [9.17, 15) is 28.1 Å². The first-order valence-electron chi connectivity index (χ1n) is 9.31. The van der Waals surface area contributed by atoms with Crippen LogP contribution >= 0.6 is 11.3 Å². The molecule has 1 fully saturated rings. The van der Waals surface area contributed by atoms with Crippen LogP contribution in [0.3, 0.4) is 0 Å². The quantitative estimate of drug-likeness (QED) is 0.462. The molecule has 11 nitrogen and oxygen atoms in total. The number of urea groups is 1. The number of carbonyl (C=O) groups is 2. The molecule has 1 aliphatic heterocycles. The zero-order valence-corrected chi connectivity index (χ0v) is 18.0. The number of benzene rings is 1. The van der Waals surface area contributed by atoms with Gasteiger partial charge in [0.1, 0.15) is 0 Å². The number of para-hydroxylation sites is 1. The van der Waals surface area contributed by atoms with Crippen LogP contribution in [0, 0.1) is 10.1 Å². The number of nitro groups is 1. The Bertz CT molecular complexity index is 1060. The molecule has 1 saturated heterocycles. The van der Waals surface area contributed by atoms with Gasteiger partial charge in [0.25, 0.3) is 5.69 Å². The van der Waals surface area contributed by atoms with Gasteiger partial charge >= 0.3 is 6.03 Å². The maximum Gasteiger partial charge on any atom is 0.312 e. The number of piperazine rings is 1. The Hall–Kier alpha value is -3.03. The van der Waals surface area contributed by atoms with Crippen molar-refractivity contribution in [1.82, 2.24) is 14.5 Å². The van der Waals surface area contributed by atoms with E-state index >= 15 is 0 Å². The minimum absolute atomic E-state index is 0.00698. The van der Waals surface area contributed by atoms with Crippen molar-refractivity contribution in [3.8, 4) is 0 Å². The molecule has 1 aliphatic rings. The van der Waals surface area contributed by atoms with Crippen LogP contribution in [0.4, 0.5) is 10.5 Å². The van der Waals surface area contributed by atoms with Crippen molar-refractivity contribution in [1.29, 1.82) is 0 Å². The molecule has 0 saturated carbocycles. The summed E-state index contributed by atoms with van der Waals surface area (Å²) in [5.74, 6) is -0.255. The van der Waals surface area contributed by atoms with E-state index in [0.29, 0.717) is 0 Å². The van der Waals surface area contributed by atoms with E-state index in [1.54, 1.807) is 12.1 Å². The molecule has 13 heteroatoms. The largest absolute Gasteiger partial charge is 0.352 e. The number of hydrogen-bond donors (Lipinski definition) is 2. The Morgan fingerprint density at radius 1 is 1.16 bits per heavy atom. The summed E-state index contributed by atoms with van der Waals surface area (Å²) in [4.78, 5) is 36.4. The molecule has 3 amide bonds. The van der Waals surface area contributed by atoms with Crippen molar-refractivity contribution < 1.29 is 22.9 Å². The number of primary amides is 1. The molecule has 166 valence electrons. The van der Waals surface area contributed by atoms with Gasteiger partial charge in [-0.2, -0.15) is 4.31 Å². The molecule has 3 rings (SSSR count). The molecule has 1 unspecified atom stereocenters. The van der Waals surface area contributed by atoms with Gasteiger partial charge in [-0.05, 0) is 17.5 Å². The highest BCUT2D eigenvalue weighted by atomic mass is 32.2. The SMILES string of the molecule is NC(=O)NC(CC(=O)N1CCN(S(=O)(=O)c2ccccc2[N+](=O)[O-])CC1)c1cccs1. The molecular formula is C18H21N5O6S2. The van der Waals surface area contributed by atoms with E-state index in [1.807, 2.05) is 5.38 Å². The zero-order valence-electron chi connectivity index (χ0n) is 16.3. The van der Waals surface area contributed by atoms with E-state index in [4.69, 9.17) is 5.73 Å². The zero-order chi connectivity index (χ0) is 22.6. The number of nitrogens with one attached hydrogen (secondary N) is 1. The van der Waals surface area contributed by atoms with Crippen LogP contribution in [0.25, 0.3) is 0 Å². The highest BCUT2D eigenvalue weighted by molar-refractivity contribution is 7.89. The fourth-order valence-electron chi connectivity index (χ4n) is 3.33. The number of nitrogens with two attached hydrogens (primary N) is 1. The average Bonchev–Trinajstić information content (AvgIpc) is 3.28. The first kappa shape index (κ1) is 22.7. The smallest absolute Gasteiger partial charge is 0.312 e. The lowest BCUT2D eigenvalue weighted by Crippen LogP contribution is -2.51. The molecule has 0 aliphatic carbocycles. The molecule has 31 heavy (non-hydrogen) atoms. The third kappa shape index (κ3) is 5.18. The fourth-order valence-corrected chi connectivity index (χ4v) is 5.69. The first-order valence-corrected chi connectivity index (χ1v) is 11.6. The van der Waals surface area contributed by atoms with Crippen molar-refractivity contribution in [3.05, 3.63) is 56.8 Å². The van der Waals surface area contributed by atoms with E-state index in [1.165, 1.54) is 34.4 Å². The molecule has 0 radical (unpaired) electrons. The van der Waals surface area contributed by atoms with Gasteiger partial charge in [0.15, 0.2) is 4.90 Å². The van der Waals surface area contributed by atoms with Crippen LogP contribution in [0.15, 0.2) is 46.7 Å². The van der Waals surface area contributed by atoms with Crippen LogP contribution in [0.5, 0.6) is 0 Å². The minimum atomic E-state index is -4.08. The molecule has 2 heterocycles. The second-order valence-electron chi connectivity index (χ2n) is 6.79. The number of sulfonamides is 1. The maximum atomic E-state index is 12.9. The minimum Gasteiger partial charge on any atom is -0.352 e. The number of thiophene rings is 1. The summed E-state index contributed by atoms with van der Waals surface area (Å²) in [6, 6.07) is 7.44. The van der Waals surface area contributed by atoms with Gasteiger partial charge in [-0.25, -0.2) is 13.2 Å². The Balaban J connectivity index is 1.67. The van der Waals surface area contributed by atoms with E-state index < -0.39 is 32.7 Å². The van der Waals surface area contributed by atoms with Gasteiger partial charge in [-0.3, -0.25) is 14.9 Å². The highest BCUT2D eigenvalue weighted by Gasteiger charge is 2.34. The second kappa shape index (κ2) is 9.41. The number of carbonyl (C=O) groups excluding carboxylic acids is 2. The third-order valence-corrected chi connectivity index (χ3v) is 7.78. The molecule has 1 aromatic heterocycles. The van der Waals surface area contributed by atoms with Gasteiger partial charge in [-0.1, -0.05) is 18.2 Å². The van der Waals surface area contributed by atoms with Crippen LogP contribution < -0.4 is 11.1 Å². The summed E-state index contributed by atoms with van der Waals surface area (Å²) < 4.78 is 26.9. The summed E-state index contributed by atoms with van der Waals surface area (Å²) >= 11 is 1.38. The van der Waals surface area contributed by atoms with Crippen molar-refractivity contribution in [2.45, 2.75) is 17.4 Å². The molecule has 2 aromatic rings. The number of amides is 3. The van der Waals surface area contributed by atoms with Crippen molar-refractivity contribution in [3.63, 3.8) is 0 Å².